The van der Waals surface area contributed by atoms with Crippen molar-refractivity contribution in [1.82, 2.24) is 0 Å². The molecule has 80 valence electrons. The van der Waals surface area contributed by atoms with Gasteiger partial charge in [-0.2, -0.15) is 0 Å². The molecule has 2 atom stereocenters. The highest BCUT2D eigenvalue weighted by Gasteiger charge is 2.46. The zero-order chi connectivity index (χ0) is 10.6. The largest absolute Gasteiger partial charge is 0.0840 e. The molecule has 0 bridgehead atoms. The van der Waals surface area contributed by atoms with Crippen molar-refractivity contribution in [2.45, 2.75) is 32.1 Å². The van der Waals surface area contributed by atoms with Gasteiger partial charge in [0.25, 0.3) is 0 Å². The van der Waals surface area contributed by atoms with Crippen LogP contribution in [0.3, 0.4) is 0 Å². The van der Waals surface area contributed by atoms with E-state index in [9.17, 15) is 0 Å². The van der Waals surface area contributed by atoms with Crippen molar-refractivity contribution in [3.05, 3.63) is 32.8 Å². The smallest absolute Gasteiger partial charge is 0.0452 e. The number of rotatable bonds is 1. The van der Waals surface area contributed by atoms with E-state index < -0.39 is 0 Å². The summed E-state index contributed by atoms with van der Waals surface area (Å²) in [5.74, 6) is 2.78. The number of halogens is 2. The van der Waals surface area contributed by atoms with Crippen LogP contribution in [0, 0.1) is 18.8 Å². The molecule has 0 aromatic heterocycles. The van der Waals surface area contributed by atoms with E-state index in [1.165, 1.54) is 30.4 Å². The van der Waals surface area contributed by atoms with Crippen molar-refractivity contribution in [1.29, 1.82) is 0 Å². The molecule has 2 saturated carbocycles. The Morgan fingerprint density at radius 2 is 1.87 bits per heavy atom. The van der Waals surface area contributed by atoms with Crippen LogP contribution in [-0.4, -0.2) is 0 Å². The van der Waals surface area contributed by atoms with Gasteiger partial charge in [0.15, 0.2) is 0 Å². The monoisotopic (exact) mass is 284 g/mol. The summed E-state index contributed by atoms with van der Waals surface area (Å²) in [6.45, 7) is 2.14. The fourth-order valence-corrected chi connectivity index (χ4v) is 3.75. The maximum atomic E-state index is 6.31. The fraction of sp³-hybridized carbons (Fsp3) is 0.538. The third-order valence-corrected chi connectivity index (χ3v) is 5.14. The van der Waals surface area contributed by atoms with Crippen LogP contribution in [0.15, 0.2) is 16.6 Å². The molecular weight excluding hydrogens is 272 g/mol. The number of aryl methyl sites for hydroxylation is 1. The predicted octanol–water partition coefficient (Wildman–Crippen LogP) is 4.92. The molecule has 1 aromatic carbocycles. The Kier molecular flexibility index (Phi) is 2.37. The topological polar surface area (TPSA) is 0 Å². The summed E-state index contributed by atoms with van der Waals surface area (Å²) < 4.78 is 1.12. The molecule has 2 aliphatic rings. The van der Waals surface area contributed by atoms with E-state index >= 15 is 0 Å². The van der Waals surface area contributed by atoms with E-state index in [1.54, 1.807) is 0 Å². The Hall–Kier alpha value is -0.0100. The summed E-state index contributed by atoms with van der Waals surface area (Å²) in [5, 5.41) is 0.943. The molecule has 0 N–H and O–H groups in total. The molecule has 2 heteroatoms. The van der Waals surface area contributed by atoms with E-state index in [2.05, 4.69) is 35.0 Å². The van der Waals surface area contributed by atoms with E-state index in [-0.39, 0.29) is 0 Å². The van der Waals surface area contributed by atoms with E-state index in [4.69, 9.17) is 11.6 Å². The maximum absolute atomic E-state index is 6.31. The highest BCUT2D eigenvalue weighted by molar-refractivity contribution is 9.10. The van der Waals surface area contributed by atoms with Crippen LogP contribution in [-0.2, 0) is 0 Å². The van der Waals surface area contributed by atoms with Crippen molar-refractivity contribution in [2.24, 2.45) is 11.8 Å². The molecule has 0 aliphatic heterocycles. The lowest BCUT2D eigenvalue weighted by Crippen LogP contribution is -1.98. The molecule has 2 fully saturated rings. The van der Waals surface area contributed by atoms with Gasteiger partial charge < -0.3 is 0 Å². The van der Waals surface area contributed by atoms with Crippen LogP contribution >= 0.6 is 27.5 Å². The Morgan fingerprint density at radius 1 is 1.20 bits per heavy atom. The molecule has 2 unspecified atom stereocenters. The molecule has 0 saturated heterocycles. The zero-order valence-electron chi connectivity index (χ0n) is 8.76. The second-order valence-electron chi connectivity index (χ2n) is 5.05. The fourth-order valence-electron chi connectivity index (χ4n) is 2.96. The van der Waals surface area contributed by atoms with Crippen molar-refractivity contribution < 1.29 is 0 Å². The van der Waals surface area contributed by atoms with Crippen molar-refractivity contribution >= 4 is 27.5 Å². The number of benzene rings is 1. The lowest BCUT2D eigenvalue weighted by Gasteiger charge is -2.15. The van der Waals surface area contributed by atoms with Crippen molar-refractivity contribution in [3.63, 3.8) is 0 Å². The first kappa shape index (κ1) is 10.2. The molecule has 3 rings (SSSR count). The van der Waals surface area contributed by atoms with Gasteiger partial charge in [0.1, 0.15) is 0 Å². The summed E-state index contributed by atoms with van der Waals surface area (Å²) in [4.78, 5) is 0. The Morgan fingerprint density at radius 3 is 2.53 bits per heavy atom. The summed E-state index contributed by atoms with van der Waals surface area (Å²) in [5.41, 5.74) is 2.68. The van der Waals surface area contributed by atoms with Gasteiger partial charge >= 0.3 is 0 Å². The quantitative estimate of drug-likeness (QED) is 0.687. The Bertz CT molecular complexity index is 403. The second-order valence-corrected chi connectivity index (χ2v) is 6.31. The van der Waals surface area contributed by atoms with Gasteiger partial charge in [0.05, 0.1) is 0 Å². The number of hydrogen-bond acceptors (Lipinski definition) is 0. The van der Waals surface area contributed by atoms with Crippen molar-refractivity contribution in [3.8, 4) is 0 Å². The van der Waals surface area contributed by atoms with Crippen LogP contribution in [0.4, 0.5) is 0 Å². The van der Waals surface area contributed by atoms with Crippen LogP contribution in [0.1, 0.15) is 36.3 Å². The van der Waals surface area contributed by atoms with Gasteiger partial charge in [-0.05, 0) is 61.1 Å². The van der Waals surface area contributed by atoms with Gasteiger partial charge in [0.2, 0.25) is 0 Å². The first-order chi connectivity index (χ1) is 7.15. The average Bonchev–Trinajstić information content (AvgIpc) is 2.80. The summed E-state index contributed by atoms with van der Waals surface area (Å²) >= 11 is 9.84. The van der Waals surface area contributed by atoms with Crippen LogP contribution < -0.4 is 0 Å². The molecule has 0 radical (unpaired) electrons. The molecule has 2 aliphatic carbocycles. The highest BCUT2D eigenvalue weighted by Crippen LogP contribution is 2.58. The Balaban J connectivity index is 1.93. The molecule has 15 heavy (non-hydrogen) atoms. The van der Waals surface area contributed by atoms with Crippen LogP contribution in [0.25, 0.3) is 0 Å². The third-order valence-electron chi connectivity index (χ3n) is 3.96. The van der Waals surface area contributed by atoms with Gasteiger partial charge in [-0.15, -0.1) is 0 Å². The lowest BCUT2D eigenvalue weighted by atomic mass is 9.93. The normalized spacial score (nSPS) is 32.9. The SMILES string of the molecule is Cc1cc(C2CC3CC3C2)c(Cl)cc1Br. The highest BCUT2D eigenvalue weighted by atomic mass is 79.9. The minimum atomic E-state index is 0.730. The molecule has 0 amide bonds. The van der Waals surface area contributed by atoms with Crippen molar-refractivity contribution in [2.75, 3.05) is 0 Å². The lowest BCUT2D eigenvalue weighted by molar-refractivity contribution is 0.624. The maximum Gasteiger partial charge on any atom is 0.0452 e. The van der Waals surface area contributed by atoms with E-state index in [0.717, 1.165) is 27.2 Å². The van der Waals surface area contributed by atoms with Gasteiger partial charge in [-0.1, -0.05) is 33.6 Å². The first-order valence-electron chi connectivity index (χ1n) is 5.60. The number of fused-ring (bicyclic) bond motifs is 1. The summed E-state index contributed by atoms with van der Waals surface area (Å²) in [7, 11) is 0. The molecule has 0 spiro atoms. The van der Waals surface area contributed by atoms with Gasteiger partial charge in [-0.3, -0.25) is 0 Å². The molecular formula is C13H14BrCl. The van der Waals surface area contributed by atoms with Gasteiger partial charge in [-0.25, -0.2) is 0 Å². The molecule has 0 nitrogen and oxygen atoms in total. The van der Waals surface area contributed by atoms with Crippen LogP contribution in [0.5, 0.6) is 0 Å². The van der Waals surface area contributed by atoms with Gasteiger partial charge in [0, 0.05) is 9.50 Å². The average molecular weight is 286 g/mol. The van der Waals surface area contributed by atoms with E-state index in [1.807, 2.05) is 0 Å². The van der Waals surface area contributed by atoms with Crippen LogP contribution in [0.2, 0.25) is 5.02 Å². The first-order valence-corrected chi connectivity index (χ1v) is 6.78. The Labute approximate surface area is 104 Å². The summed E-state index contributed by atoms with van der Waals surface area (Å²) in [6, 6.07) is 4.32. The zero-order valence-corrected chi connectivity index (χ0v) is 11.1. The molecule has 0 heterocycles. The summed E-state index contributed by atoms with van der Waals surface area (Å²) in [6.07, 6.45) is 4.21. The minimum Gasteiger partial charge on any atom is -0.0840 e. The molecule has 1 aromatic rings. The predicted molar refractivity (Wildman–Crippen MR) is 67.5 cm³/mol. The second kappa shape index (κ2) is 3.49. The standard InChI is InChI=1S/C13H14BrCl/c1-7-2-11(13(15)6-12(7)14)10-4-8-3-9(8)5-10/h2,6,8-10H,3-5H2,1H3. The minimum absolute atomic E-state index is 0.730. The third kappa shape index (κ3) is 1.74. The van der Waals surface area contributed by atoms with E-state index in [0.29, 0.717) is 0 Å². The number of hydrogen-bond donors (Lipinski definition) is 0.